The standard InChI is InChI=1S/C11H21N3O/c12-7-11(5-6-11)8-13-10(15)14-9-3-1-2-4-9/h9H,1-8,12H2,(H2,13,14,15). The Bertz CT molecular complexity index is 232. The second-order valence-electron chi connectivity index (χ2n) is 5.01. The minimum Gasteiger partial charge on any atom is -0.338 e. The van der Waals surface area contributed by atoms with Crippen LogP contribution in [-0.2, 0) is 0 Å². The van der Waals surface area contributed by atoms with Gasteiger partial charge < -0.3 is 16.4 Å². The Kier molecular flexibility index (Phi) is 3.14. The molecule has 2 rings (SSSR count). The van der Waals surface area contributed by atoms with Gasteiger partial charge in [-0.2, -0.15) is 0 Å². The summed E-state index contributed by atoms with van der Waals surface area (Å²) in [5, 5.41) is 5.95. The van der Waals surface area contributed by atoms with Gasteiger partial charge >= 0.3 is 6.03 Å². The second kappa shape index (κ2) is 4.39. The molecule has 0 atom stereocenters. The van der Waals surface area contributed by atoms with E-state index in [4.69, 9.17) is 5.73 Å². The minimum absolute atomic E-state index is 0.0124. The van der Waals surface area contributed by atoms with Crippen molar-refractivity contribution in [2.24, 2.45) is 11.1 Å². The van der Waals surface area contributed by atoms with Crippen LogP contribution in [0.2, 0.25) is 0 Å². The van der Waals surface area contributed by atoms with E-state index < -0.39 is 0 Å². The fourth-order valence-electron chi connectivity index (χ4n) is 2.20. The topological polar surface area (TPSA) is 67.1 Å². The smallest absolute Gasteiger partial charge is 0.315 e. The van der Waals surface area contributed by atoms with E-state index in [-0.39, 0.29) is 11.4 Å². The molecule has 0 aliphatic heterocycles. The van der Waals surface area contributed by atoms with Crippen molar-refractivity contribution in [3.05, 3.63) is 0 Å². The van der Waals surface area contributed by atoms with Crippen molar-refractivity contribution in [3.63, 3.8) is 0 Å². The highest BCUT2D eigenvalue weighted by atomic mass is 16.2. The van der Waals surface area contributed by atoms with Crippen LogP contribution in [0, 0.1) is 5.41 Å². The van der Waals surface area contributed by atoms with Crippen LogP contribution in [0.3, 0.4) is 0 Å². The highest BCUT2D eigenvalue weighted by molar-refractivity contribution is 5.74. The van der Waals surface area contributed by atoms with Gasteiger partial charge in [0.15, 0.2) is 0 Å². The summed E-state index contributed by atoms with van der Waals surface area (Å²) in [6, 6.07) is 0.389. The van der Waals surface area contributed by atoms with Crippen LogP contribution < -0.4 is 16.4 Å². The van der Waals surface area contributed by atoms with Crippen LogP contribution in [0.1, 0.15) is 38.5 Å². The monoisotopic (exact) mass is 211 g/mol. The first-order chi connectivity index (χ1) is 7.24. The summed E-state index contributed by atoms with van der Waals surface area (Å²) in [4.78, 5) is 11.5. The molecular weight excluding hydrogens is 190 g/mol. The highest BCUT2D eigenvalue weighted by Crippen LogP contribution is 2.43. The number of hydrogen-bond acceptors (Lipinski definition) is 2. The molecule has 2 saturated carbocycles. The van der Waals surface area contributed by atoms with Crippen LogP contribution in [-0.4, -0.2) is 25.2 Å². The zero-order valence-electron chi connectivity index (χ0n) is 9.22. The maximum absolute atomic E-state index is 11.5. The fraction of sp³-hybridized carbons (Fsp3) is 0.909. The zero-order valence-corrected chi connectivity index (χ0v) is 9.22. The van der Waals surface area contributed by atoms with Crippen molar-refractivity contribution in [1.82, 2.24) is 10.6 Å². The molecule has 86 valence electrons. The number of rotatable bonds is 4. The van der Waals surface area contributed by atoms with E-state index >= 15 is 0 Å². The number of carbonyl (C=O) groups is 1. The highest BCUT2D eigenvalue weighted by Gasteiger charge is 2.41. The molecule has 2 aliphatic carbocycles. The van der Waals surface area contributed by atoms with E-state index in [1.54, 1.807) is 0 Å². The summed E-state index contributed by atoms with van der Waals surface area (Å²) in [6.45, 7) is 1.43. The molecule has 2 aliphatic rings. The molecule has 0 spiro atoms. The maximum atomic E-state index is 11.5. The SMILES string of the molecule is NCC1(CNC(=O)NC2CCCC2)CC1. The average molecular weight is 211 g/mol. The summed E-state index contributed by atoms with van der Waals surface area (Å²) in [6.07, 6.45) is 7.08. The predicted octanol–water partition coefficient (Wildman–Crippen LogP) is 0.967. The Morgan fingerprint density at radius 1 is 1.33 bits per heavy atom. The third kappa shape index (κ3) is 2.84. The molecule has 2 fully saturated rings. The first kappa shape index (κ1) is 10.7. The van der Waals surface area contributed by atoms with Gasteiger partial charge in [-0.15, -0.1) is 0 Å². The van der Waals surface area contributed by atoms with E-state index in [0.717, 1.165) is 32.2 Å². The van der Waals surface area contributed by atoms with Crippen LogP contribution in [0.4, 0.5) is 4.79 Å². The summed E-state index contributed by atoms with van der Waals surface area (Å²) >= 11 is 0. The number of urea groups is 1. The van der Waals surface area contributed by atoms with Crippen LogP contribution in [0.5, 0.6) is 0 Å². The number of carbonyl (C=O) groups excluding carboxylic acids is 1. The predicted molar refractivity (Wildman–Crippen MR) is 59.5 cm³/mol. The third-order valence-corrected chi connectivity index (χ3v) is 3.70. The van der Waals surface area contributed by atoms with E-state index in [2.05, 4.69) is 10.6 Å². The molecule has 4 heteroatoms. The van der Waals surface area contributed by atoms with Gasteiger partial charge in [0.2, 0.25) is 0 Å². The van der Waals surface area contributed by atoms with Gasteiger partial charge in [-0.05, 0) is 32.2 Å². The van der Waals surface area contributed by atoms with Crippen molar-refractivity contribution in [2.45, 2.75) is 44.6 Å². The Morgan fingerprint density at radius 3 is 2.53 bits per heavy atom. The van der Waals surface area contributed by atoms with Crippen LogP contribution in [0.15, 0.2) is 0 Å². The number of hydrogen-bond donors (Lipinski definition) is 3. The minimum atomic E-state index is -0.0124. The lowest BCUT2D eigenvalue weighted by Crippen LogP contribution is -2.44. The second-order valence-corrected chi connectivity index (χ2v) is 5.01. The number of nitrogens with one attached hydrogen (secondary N) is 2. The Labute approximate surface area is 91.0 Å². The lowest BCUT2D eigenvalue weighted by molar-refractivity contribution is 0.234. The molecule has 4 nitrogen and oxygen atoms in total. The lowest BCUT2D eigenvalue weighted by atomic mass is 10.1. The van der Waals surface area contributed by atoms with Crippen molar-refractivity contribution < 1.29 is 4.79 Å². The van der Waals surface area contributed by atoms with Crippen molar-refractivity contribution >= 4 is 6.03 Å². The lowest BCUT2D eigenvalue weighted by Gasteiger charge is -2.16. The first-order valence-electron chi connectivity index (χ1n) is 5.99. The van der Waals surface area contributed by atoms with Crippen molar-refractivity contribution in [3.8, 4) is 0 Å². The Morgan fingerprint density at radius 2 is 2.00 bits per heavy atom. The van der Waals surface area contributed by atoms with Gasteiger partial charge in [0.1, 0.15) is 0 Å². The molecule has 0 bridgehead atoms. The number of amides is 2. The van der Waals surface area contributed by atoms with Gasteiger partial charge in [-0.25, -0.2) is 4.79 Å². The van der Waals surface area contributed by atoms with E-state index in [0.29, 0.717) is 12.6 Å². The first-order valence-corrected chi connectivity index (χ1v) is 5.99. The van der Waals surface area contributed by atoms with Gasteiger partial charge in [0, 0.05) is 18.0 Å². The summed E-state index contributed by atoms with van der Waals surface area (Å²) in [7, 11) is 0. The molecule has 0 radical (unpaired) electrons. The normalized spacial score (nSPS) is 23.8. The number of nitrogens with two attached hydrogens (primary N) is 1. The molecule has 0 unspecified atom stereocenters. The fourth-order valence-corrected chi connectivity index (χ4v) is 2.20. The molecule has 15 heavy (non-hydrogen) atoms. The quantitative estimate of drug-likeness (QED) is 0.648. The summed E-state index contributed by atoms with van der Waals surface area (Å²) < 4.78 is 0. The van der Waals surface area contributed by atoms with E-state index in [1.807, 2.05) is 0 Å². The van der Waals surface area contributed by atoms with Crippen LogP contribution in [0.25, 0.3) is 0 Å². The van der Waals surface area contributed by atoms with E-state index in [1.165, 1.54) is 12.8 Å². The Hall–Kier alpha value is -0.770. The molecule has 0 aromatic rings. The van der Waals surface area contributed by atoms with Gasteiger partial charge in [-0.3, -0.25) is 0 Å². The average Bonchev–Trinajstić information content (AvgIpc) is 2.86. The van der Waals surface area contributed by atoms with Crippen molar-refractivity contribution in [1.29, 1.82) is 0 Å². The molecule has 0 heterocycles. The molecule has 0 aromatic carbocycles. The summed E-state index contributed by atoms with van der Waals surface area (Å²) in [5.74, 6) is 0. The van der Waals surface area contributed by atoms with Gasteiger partial charge in [0.05, 0.1) is 0 Å². The zero-order chi connectivity index (χ0) is 10.7. The summed E-state index contributed by atoms with van der Waals surface area (Å²) in [5.41, 5.74) is 5.88. The Balaban J connectivity index is 1.64. The molecule has 0 saturated heterocycles. The van der Waals surface area contributed by atoms with Crippen LogP contribution >= 0.6 is 0 Å². The van der Waals surface area contributed by atoms with E-state index in [9.17, 15) is 4.79 Å². The maximum Gasteiger partial charge on any atom is 0.315 e. The molecule has 0 aromatic heterocycles. The molecule has 2 amide bonds. The van der Waals surface area contributed by atoms with Gasteiger partial charge in [-0.1, -0.05) is 12.8 Å². The van der Waals surface area contributed by atoms with Crippen molar-refractivity contribution in [2.75, 3.05) is 13.1 Å². The molecule has 4 N–H and O–H groups in total. The third-order valence-electron chi connectivity index (χ3n) is 3.70. The van der Waals surface area contributed by atoms with Gasteiger partial charge in [0.25, 0.3) is 0 Å². The molecular formula is C11H21N3O. The largest absolute Gasteiger partial charge is 0.338 e.